The molecule has 32 heavy (non-hydrogen) atoms. The number of hydrogen-bond donors (Lipinski definition) is 2. The minimum atomic E-state index is -1.60. The zero-order chi connectivity index (χ0) is 22.6. The summed E-state index contributed by atoms with van der Waals surface area (Å²) in [6.07, 6.45) is 0.879. The summed E-state index contributed by atoms with van der Waals surface area (Å²) in [6, 6.07) is 1.43. The van der Waals surface area contributed by atoms with E-state index in [-0.39, 0.29) is 18.1 Å². The van der Waals surface area contributed by atoms with E-state index in [4.69, 9.17) is 4.74 Å². The van der Waals surface area contributed by atoms with Crippen LogP contribution in [-0.4, -0.2) is 47.6 Å². The normalized spacial score (nSPS) is 25.9. The Labute approximate surface area is 187 Å². The second-order valence-corrected chi connectivity index (χ2v) is 9.10. The first kappa shape index (κ1) is 20.6. The van der Waals surface area contributed by atoms with Crippen LogP contribution in [0.2, 0.25) is 0 Å². The monoisotopic (exact) mass is 454 g/mol. The lowest BCUT2D eigenvalue weighted by Crippen LogP contribution is -2.75. The number of imide groups is 2. The van der Waals surface area contributed by atoms with Gasteiger partial charge in [-0.3, -0.25) is 25.2 Å². The number of aromatic nitrogens is 1. The Morgan fingerprint density at radius 3 is 2.66 bits per heavy atom. The van der Waals surface area contributed by atoms with Crippen LogP contribution in [0.25, 0.3) is 0 Å². The van der Waals surface area contributed by atoms with Crippen molar-refractivity contribution in [3.05, 3.63) is 45.7 Å². The molecule has 2 N–H and O–H groups in total. The van der Waals surface area contributed by atoms with Crippen LogP contribution in [0, 0.1) is 23.1 Å². The van der Waals surface area contributed by atoms with E-state index in [0.717, 1.165) is 0 Å². The van der Waals surface area contributed by atoms with E-state index in [2.05, 4.69) is 27.5 Å². The Kier molecular flexibility index (Phi) is 4.76. The highest BCUT2D eigenvalue weighted by molar-refractivity contribution is 7.10. The van der Waals surface area contributed by atoms with Gasteiger partial charge in [0.05, 0.1) is 40.4 Å². The number of nitrogens with one attached hydrogen (secondary N) is 2. The molecule has 1 aromatic heterocycles. The Bertz CT molecular complexity index is 1180. The summed E-state index contributed by atoms with van der Waals surface area (Å²) >= 11 is 1.34. The van der Waals surface area contributed by atoms with Gasteiger partial charge in [0.15, 0.2) is 5.41 Å². The van der Waals surface area contributed by atoms with Crippen LogP contribution in [0.3, 0.4) is 0 Å². The largest absolute Gasteiger partial charge is 0.372 e. The molecule has 0 aliphatic carbocycles. The number of fused-ring (bicyclic) bond motifs is 4. The van der Waals surface area contributed by atoms with Crippen molar-refractivity contribution >= 4 is 34.9 Å². The van der Waals surface area contributed by atoms with Crippen LogP contribution < -0.4 is 15.5 Å². The predicted molar refractivity (Wildman–Crippen MR) is 113 cm³/mol. The lowest BCUT2D eigenvalue weighted by molar-refractivity contribution is -0.153. The van der Waals surface area contributed by atoms with Gasteiger partial charge in [0.2, 0.25) is 11.8 Å². The quantitative estimate of drug-likeness (QED) is 0.463. The van der Waals surface area contributed by atoms with Crippen molar-refractivity contribution in [3.8, 4) is 11.8 Å². The van der Waals surface area contributed by atoms with E-state index in [9.17, 15) is 14.4 Å². The molecule has 1 spiro atoms. The number of carbonyl (C=O) groups is 3. The van der Waals surface area contributed by atoms with E-state index in [1.54, 1.807) is 24.7 Å². The molecule has 8 nitrogen and oxygen atoms in total. The number of anilines is 1. The maximum atomic E-state index is 15.0. The standard InChI is InChI=1S/C22H19FN4O4S/c1-11-9-27-17-6-16(23)13(3-4-15-8-24-10-32-15)5-14(17)7-22(18(27)12(2)31-11)19(28)25-21(30)26-20(22)29/h5-6,8,10-12,18H,7,9H2,1-2H3,(H2,25,26,28,29,30)/t11-,12+,18-/m1/s1. The van der Waals surface area contributed by atoms with Crippen LogP contribution in [-0.2, 0) is 20.7 Å². The molecule has 0 bridgehead atoms. The van der Waals surface area contributed by atoms with Gasteiger partial charge in [-0.2, -0.15) is 0 Å². The highest BCUT2D eigenvalue weighted by atomic mass is 32.1. The first-order valence-electron chi connectivity index (χ1n) is 10.1. The molecule has 3 atom stereocenters. The Balaban J connectivity index is 1.66. The average molecular weight is 454 g/mol. The van der Waals surface area contributed by atoms with Gasteiger partial charge in [0.1, 0.15) is 5.82 Å². The molecular formula is C22H19FN4O4S. The minimum absolute atomic E-state index is 0.00789. The van der Waals surface area contributed by atoms with Gasteiger partial charge in [-0.1, -0.05) is 5.92 Å². The fourth-order valence-electron chi connectivity index (χ4n) is 4.96. The Morgan fingerprint density at radius 1 is 1.22 bits per heavy atom. The summed E-state index contributed by atoms with van der Waals surface area (Å²) in [6.45, 7) is 4.02. The topological polar surface area (TPSA) is 101 Å². The van der Waals surface area contributed by atoms with E-state index >= 15 is 4.39 Å². The molecular weight excluding hydrogens is 435 g/mol. The molecule has 4 amide bonds. The van der Waals surface area contributed by atoms with E-state index in [0.29, 0.717) is 22.7 Å². The van der Waals surface area contributed by atoms with Crippen molar-refractivity contribution in [2.24, 2.45) is 5.41 Å². The van der Waals surface area contributed by atoms with Crippen molar-refractivity contribution < 1.29 is 23.5 Å². The number of thiazole rings is 1. The SMILES string of the molecule is C[C@@H]1CN2c3cc(F)c(C#Cc4cncs4)cc3CC3(C(=O)NC(=O)NC3=O)[C@H]2[C@H](C)O1. The number of hydrogen-bond acceptors (Lipinski definition) is 7. The van der Waals surface area contributed by atoms with Crippen LogP contribution in [0.1, 0.15) is 29.9 Å². The zero-order valence-corrected chi connectivity index (χ0v) is 18.1. The van der Waals surface area contributed by atoms with Crippen molar-refractivity contribution in [3.63, 3.8) is 0 Å². The predicted octanol–water partition coefficient (Wildman–Crippen LogP) is 1.57. The first-order chi connectivity index (χ1) is 15.3. The molecule has 2 fully saturated rings. The third-order valence-electron chi connectivity index (χ3n) is 6.15. The van der Waals surface area contributed by atoms with Gasteiger partial charge >= 0.3 is 6.03 Å². The lowest BCUT2D eigenvalue weighted by atomic mass is 9.66. The maximum Gasteiger partial charge on any atom is 0.328 e. The molecule has 2 saturated heterocycles. The summed E-state index contributed by atoms with van der Waals surface area (Å²) in [7, 11) is 0. The Hall–Kier alpha value is -3.29. The van der Waals surface area contributed by atoms with E-state index in [1.807, 2.05) is 11.8 Å². The molecule has 0 radical (unpaired) electrons. The number of carbonyl (C=O) groups excluding carboxylic acids is 3. The van der Waals surface area contributed by atoms with Crippen molar-refractivity contribution in [1.82, 2.24) is 15.6 Å². The van der Waals surface area contributed by atoms with Crippen molar-refractivity contribution in [2.75, 3.05) is 11.4 Å². The number of morpholine rings is 1. The molecule has 164 valence electrons. The van der Waals surface area contributed by atoms with Gasteiger partial charge in [0.25, 0.3) is 0 Å². The third-order valence-corrected chi connectivity index (χ3v) is 6.84. The third kappa shape index (κ3) is 3.08. The van der Waals surface area contributed by atoms with Crippen molar-refractivity contribution in [1.29, 1.82) is 0 Å². The molecule has 3 aliphatic heterocycles. The molecule has 0 unspecified atom stereocenters. The number of ether oxygens (including phenoxy) is 1. The second kappa shape index (κ2) is 7.39. The van der Waals surface area contributed by atoms with Crippen LogP contribution in [0.4, 0.5) is 14.9 Å². The number of urea groups is 1. The van der Waals surface area contributed by atoms with Gasteiger partial charge in [-0.05, 0) is 43.9 Å². The maximum absolute atomic E-state index is 15.0. The highest BCUT2D eigenvalue weighted by Gasteiger charge is 2.62. The number of halogens is 1. The first-order valence-corrected chi connectivity index (χ1v) is 11.0. The van der Waals surface area contributed by atoms with Gasteiger partial charge in [0, 0.05) is 12.2 Å². The van der Waals surface area contributed by atoms with Crippen LogP contribution >= 0.6 is 11.3 Å². The van der Waals surface area contributed by atoms with Gasteiger partial charge in [-0.15, -0.1) is 11.3 Å². The summed E-state index contributed by atoms with van der Waals surface area (Å²) in [5.74, 6) is 3.85. The lowest BCUT2D eigenvalue weighted by Gasteiger charge is -2.55. The molecule has 1 aromatic carbocycles. The highest BCUT2D eigenvalue weighted by Crippen LogP contribution is 2.47. The van der Waals surface area contributed by atoms with E-state index in [1.165, 1.54) is 17.4 Å². The number of barbiturate groups is 1. The molecule has 2 aromatic rings. The molecule has 3 aliphatic rings. The van der Waals surface area contributed by atoms with Crippen LogP contribution in [0.15, 0.2) is 23.8 Å². The second-order valence-electron chi connectivity index (χ2n) is 8.21. The van der Waals surface area contributed by atoms with Crippen LogP contribution in [0.5, 0.6) is 0 Å². The summed E-state index contributed by atoms with van der Waals surface area (Å²) in [5.41, 5.74) is 1.41. The van der Waals surface area contributed by atoms with Gasteiger partial charge in [-0.25, -0.2) is 9.18 Å². The number of rotatable bonds is 0. The smallest absolute Gasteiger partial charge is 0.328 e. The fourth-order valence-corrected chi connectivity index (χ4v) is 5.43. The molecule has 5 rings (SSSR count). The molecule has 4 heterocycles. The van der Waals surface area contributed by atoms with E-state index < -0.39 is 41.2 Å². The van der Waals surface area contributed by atoms with Gasteiger partial charge < -0.3 is 9.64 Å². The number of nitrogens with zero attached hydrogens (tertiary/aromatic N) is 2. The fraction of sp³-hybridized carbons (Fsp3) is 0.364. The number of benzene rings is 1. The average Bonchev–Trinajstić information content (AvgIpc) is 3.24. The number of amides is 4. The summed E-state index contributed by atoms with van der Waals surface area (Å²) in [4.78, 5) is 44.5. The molecule has 10 heteroatoms. The summed E-state index contributed by atoms with van der Waals surface area (Å²) in [5, 5.41) is 4.47. The molecule has 0 saturated carbocycles. The summed E-state index contributed by atoms with van der Waals surface area (Å²) < 4.78 is 21.0. The zero-order valence-electron chi connectivity index (χ0n) is 17.3. The Morgan fingerprint density at radius 2 is 1.97 bits per heavy atom. The van der Waals surface area contributed by atoms with Crippen molar-refractivity contribution in [2.45, 2.75) is 38.5 Å². The minimum Gasteiger partial charge on any atom is -0.372 e.